The Morgan fingerprint density at radius 1 is 0.931 bits per heavy atom. The first-order valence-corrected chi connectivity index (χ1v) is 9.98. The van der Waals surface area contributed by atoms with Crippen molar-refractivity contribution >= 4 is 21.9 Å². The van der Waals surface area contributed by atoms with Gasteiger partial charge in [-0.15, -0.1) is 6.42 Å². The standard InChI is InChI=1S/C26H19BrO2/c1-2-26(23-14-7-4-8-15-23,29-25(28)22-12-5-3-6-13-22)20-10-9-11-21-16-18-24(27)19-17-21/h1,3-8,12-19H,10,20H2. The quantitative estimate of drug-likeness (QED) is 0.359. The molecular formula is C26H19BrO2. The second-order valence-corrected chi connectivity index (χ2v) is 7.32. The number of halogens is 1. The number of carbonyl (C=O) groups is 1. The van der Waals surface area contributed by atoms with Crippen LogP contribution in [0.1, 0.15) is 34.3 Å². The fourth-order valence-corrected chi connectivity index (χ4v) is 3.14. The van der Waals surface area contributed by atoms with E-state index in [1.54, 1.807) is 24.3 Å². The highest BCUT2D eigenvalue weighted by molar-refractivity contribution is 9.10. The van der Waals surface area contributed by atoms with E-state index in [-0.39, 0.29) is 0 Å². The minimum atomic E-state index is -1.18. The smallest absolute Gasteiger partial charge is 0.339 e. The topological polar surface area (TPSA) is 26.3 Å². The number of carbonyl (C=O) groups excluding carboxylic acids is 1. The number of benzene rings is 3. The van der Waals surface area contributed by atoms with Crippen LogP contribution in [0.25, 0.3) is 0 Å². The third-order valence-corrected chi connectivity index (χ3v) is 4.96. The molecule has 0 aliphatic heterocycles. The summed E-state index contributed by atoms with van der Waals surface area (Å²) in [4.78, 5) is 12.7. The van der Waals surface area contributed by atoms with Gasteiger partial charge in [0.05, 0.1) is 5.56 Å². The fraction of sp³-hybridized carbons (Fsp3) is 0.115. The maximum Gasteiger partial charge on any atom is 0.339 e. The average molecular weight is 443 g/mol. The lowest BCUT2D eigenvalue weighted by molar-refractivity contribution is 0.00309. The molecule has 1 atom stereocenters. The lowest BCUT2D eigenvalue weighted by Crippen LogP contribution is -2.31. The molecule has 142 valence electrons. The molecule has 3 aromatic rings. The van der Waals surface area contributed by atoms with Crippen LogP contribution in [-0.2, 0) is 10.3 Å². The van der Waals surface area contributed by atoms with Gasteiger partial charge in [-0.05, 0) is 36.4 Å². The van der Waals surface area contributed by atoms with E-state index in [2.05, 4.69) is 33.7 Å². The molecule has 0 fully saturated rings. The number of rotatable bonds is 5. The Bertz CT molecular complexity index is 1050. The highest BCUT2D eigenvalue weighted by Crippen LogP contribution is 2.31. The molecular weight excluding hydrogens is 424 g/mol. The Hall–Kier alpha value is -3.27. The molecule has 3 heteroatoms. The van der Waals surface area contributed by atoms with E-state index in [9.17, 15) is 4.79 Å². The predicted molar refractivity (Wildman–Crippen MR) is 119 cm³/mol. The van der Waals surface area contributed by atoms with Crippen LogP contribution in [0.3, 0.4) is 0 Å². The van der Waals surface area contributed by atoms with Gasteiger partial charge >= 0.3 is 5.97 Å². The van der Waals surface area contributed by atoms with E-state index in [1.807, 2.05) is 60.7 Å². The van der Waals surface area contributed by atoms with E-state index in [1.165, 1.54) is 0 Å². The van der Waals surface area contributed by atoms with Crippen molar-refractivity contribution in [2.24, 2.45) is 0 Å². The molecule has 0 saturated carbocycles. The third kappa shape index (κ3) is 5.38. The van der Waals surface area contributed by atoms with E-state index in [0.717, 1.165) is 15.6 Å². The first kappa shape index (κ1) is 20.5. The van der Waals surface area contributed by atoms with Gasteiger partial charge in [-0.25, -0.2) is 4.79 Å². The van der Waals surface area contributed by atoms with Crippen molar-refractivity contribution in [2.75, 3.05) is 0 Å². The molecule has 0 bridgehead atoms. The zero-order valence-corrected chi connectivity index (χ0v) is 17.4. The monoisotopic (exact) mass is 442 g/mol. The first-order chi connectivity index (χ1) is 14.1. The molecule has 0 aromatic heterocycles. The van der Waals surface area contributed by atoms with Crippen LogP contribution < -0.4 is 0 Å². The van der Waals surface area contributed by atoms with Gasteiger partial charge in [0.25, 0.3) is 0 Å². The molecule has 3 rings (SSSR count). The van der Waals surface area contributed by atoms with Crippen LogP contribution in [-0.4, -0.2) is 5.97 Å². The summed E-state index contributed by atoms with van der Waals surface area (Å²) in [5.74, 6) is 8.54. The Labute approximate surface area is 180 Å². The minimum Gasteiger partial charge on any atom is -0.438 e. The van der Waals surface area contributed by atoms with Gasteiger partial charge in [-0.3, -0.25) is 0 Å². The van der Waals surface area contributed by atoms with Gasteiger partial charge in [-0.1, -0.05) is 82.2 Å². The molecule has 2 nitrogen and oxygen atoms in total. The van der Waals surface area contributed by atoms with Gasteiger partial charge in [0.15, 0.2) is 5.60 Å². The molecule has 0 spiro atoms. The van der Waals surface area contributed by atoms with E-state index < -0.39 is 11.6 Å². The van der Waals surface area contributed by atoms with Crippen molar-refractivity contribution in [3.63, 3.8) is 0 Å². The summed E-state index contributed by atoms with van der Waals surface area (Å²) < 4.78 is 6.88. The van der Waals surface area contributed by atoms with Crippen molar-refractivity contribution in [2.45, 2.75) is 18.4 Å². The summed E-state index contributed by atoms with van der Waals surface area (Å²) in [7, 11) is 0. The average Bonchev–Trinajstić information content (AvgIpc) is 2.78. The Balaban J connectivity index is 1.82. The molecule has 0 radical (unpaired) electrons. The van der Waals surface area contributed by atoms with E-state index in [4.69, 9.17) is 11.2 Å². The maximum absolute atomic E-state index is 12.7. The maximum atomic E-state index is 12.7. The first-order valence-electron chi connectivity index (χ1n) is 9.19. The highest BCUT2D eigenvalue weighted by atomic mass is 79.9. The van der Waals surface area contributed by atoms with Gasteiger partial charge in [0, 0.05) is 28.4 Å². The Morgan fingerprint density at radius 2 is 1.55 bits per heavy atom. The summed E-state index contributed by atoms with van der Waals surface area (Å²) in [6.07, 6.45) is 6.78. The van der Waals surface area contributed by atoms with Crippen LogP contribution >= 0.6 is 15.9 Å². The van der Waals surface area contributed by atoms with Crippen LogP contribution in [0.15, 0.2) is 89.4 Å². The van der Waals surface area contributed by atoms with Crippen molar-refractivity contribution in [3.8, 4) is 24.2 Å². The third-order valence-electron chi connectivity index (χ3n) is 4.43. The van der Waals surface area contributed by atoms with Crippen LogP contribution in [0.5, 0.6) is 0 Å². The Morgan fingerprint density at radius 3 is 2.17 bits per heavy atom. The Kier molecular flexibility index (Phi) is 6.90. The van der Waals surface area contributed by atoms with Crippen LogP contribution in [0.4, 0.5) is 0 Å². The summed E-state index contributed by atoms with van der Waals surface area (Å²) >= 11 is 3.41. The molecule has 0 amide bonds. The number of ether oxygens (including phenoxy) is 1. The number of hydrogen-bond acceptors (Lipinski definition) is 2. The van der Waals surface area contributed by atoms with Crippen LogP contribution in [0, 0.1) is 24.2 Å². The van der Waals surface area contributed by atoms with Gasteiger partial charge in [0.2, 0.25) is 0 Å². The van der Waals surface area contributed by atoms with Gasteiger partial charge in [0.1, 0.15) is 0 Å². The van der Waals surface area contributed by atoms with Crippen LogP contribution in [0.2, 0.25) is 0 Å². The van der Waals surface area contributed by atoms with Crippen molar-refractivity contribution < 1.29 is 9.53 Å². The zero-order chi connectivity index (χ0) is 20.5. The molecule has 0 heterocycles. The highest BCUT2D eigenvalue weighted by Gasteiger charge is 2.34. The summed E-state index contributed by atoms with van der Waals surface area (Å²) in [5, 5.41) is 0. The second kappa shape index (κ2) is 9.78. The number of hydrogen-bond donors (Lipinski definition) is 0. The zero-order valence-electron chi connectivity index (χ0n) is 15.8. The lowest BCUT2D eigenvalue weighted by atomic mass is 9.89. The predicted octanol–water partition coefficient (Wildman–Crippen LogP) is 5.97. The van der Waals surface area contributed by atoms with E-state index in [0.29, 0.717) is 18.4 Å². The van der Waals surface area contributed by atoms with Crippen molar-refractivity contribution in [1.29, 1.82) is 0 Å². The fourth-order valence-electron chi connectivity index (χ4n) is 2.87. The summed E-state index contributed by atoms with van der Waals surface area (Å²) in [5.41, 5.74) is 0.962. The van der Waals surface area contributed by atoms with Gasteiger partial charge in [-0.2, -0.15) is 0 Å². The number of terminal acetylenes is 1. The SMILES string of the molecule is C#CC(CCC#Cc1ccc(Br)cc1)(OC(=O)c1ccccc1)c1ccccc1. The van der Waals surface area contributed by atoms with Crippen molar-refractivity contribution in [1.82, 2.24) is 0 Å². The minimum absolute atomic E-state index is 0.398. The molecule has 1 unspecified atom stereocenters. The molecule has 0 saturated heterocycles. The number of esters is 1. The molecule has 29 heavy (non-hydrogen) atoms. The summed E-state index contributed by atoms with van der Waals surface area (Å²) in [6.45, 7) is 0. The lowest BCUT2D eigenvalue weighted by Gasteiger charge is -2.28. The second-order valence-electron chi connectivity index (χ2n) is 6.40. The molecule has 0 aliphatic rings. The molecule has 0 N–H and O–H groups in total. The van der Waals surface area contributed by atoms with Gasteiger partial charge < -0.3 is 4.74 Å². The normalized spacial score (nSPS) is 12.0. The largest absolute Gasteiger partial charge is 0.438 e. The summed E-state index contributed by atoms with van der Waals surface area (Å²) in [6, 6.07) is 26.0. The molecule has 0 aliphatic carbocycles. The van der Waals surface area contributed by atoms with Crippen molar-refractivity contribution in [3.05, 3.63) is 106 Å². The van der Waals surface area contributed by atoms with E-state index >= 15 is 0 Å². The molecule has 3 aromatic carbocycles.